The molecular formula is C14H27IN4O. The van der Waals surface area contributed by atoms with E-state index in [2.05, 4.69) is 46.4 Å². The van der Waals surface area contributed by atoms with Gasteiger partial charge >= 0.3 is 0 Å². The number of rotatable bonds is 8. The first-order chi connectivity index (χ1) is 9.22. The minimum Gasteiger partial charge on any atom is -0.379 e. The first-order valence-electron chi connectivity index (χ1n) is 6.85. The Hall–Kier alpha value is -0.760. The highest BCUT2D eigenvalue weighted by Crippen LogP contribution is 1.91. The normalized spacial score (nSPS) is 11.3. The SMILES string of the molecule is CN=C(NCCOCC(C)C)NCCn1cccc1.I. The zero-order chi connectivity index (χ0) is 13.9. The van der Waals surface area contributed by atoms with E-state index in [1.165, 1.54) is 0 Å². The highest BCUT2D eigenvalue weighted by atomic mass is 127. The predicted molar refractivity (Wildman–Crippen MR) is 94.9 cm³/mol. The lowest BCUT2D eigenvalue weighted by Crippen LogP contribution is -2.40. The summed E-state index contributed by atoms with van der Waals surface area (Å²) in [6.45, 7) is 8.36. The third kappa shape index (κ3) is 9.19. The molecule has 1 rings (SSSR count). The van der Waals surface area contributed by atoms with Gasteiger partial charge in [-0.3, -0.25) is 4.99 Å². The van der Waals surface area contributed by atoms with Crippen molar-refractivity contribution in [3.8, 4) is 0 Å². The fourth-order valence-electron chi connectivity index (χ4n) is 1.60. The summed E-state index contributed by atoms with van der Waals surface area (Å²) >= 11 is 0. The maximum Gasteiger partial charge on any atom is 0.191 e. The van der Waals surface area contributed by atoms with Crippen molar-refractivity contribution in [2.45, 2.75) is 20.4 Å². The van der Waals surface area contributed by atoms with Crippen molar-refractivity contribution in [3.05, 3.63) is 24.5 Å². The highest BCUT2D eigenvalue weighted by molar-refractivity contribution is 14.0. The molecule has 0 unspecified atom stereocenters. The summed E-state index contributed by atoms with van der Waals surface area (Å²) in [6.07, 6.45) is 4.11. The Labute approximate surface area is 139 Å². The van der Waals surface area contributed by atoms with E-state index in [1.807, 2.05) is 12.1 Å². The lowest BCUT2D eigenvalue weighted by molar-refractivity contribution is 0.114. The molecule has 0 aromatic carbocycles. The monoisotopic (exact) mass is 394 g/mol. The van der Waals surface area contributed by atoms with Crippen LogP contribution >= 0.6 is 24.0 Å². The molecule has 20 heavy (non-hydrogen) atoms. The van der Waals surface area contributed by atoms with Crippen LogP contribution in [0.3, 0.4) is 0 Å². The average Bonchev–Trinajstić information content (AvgIpc) is 2.89. The van der Waals surface area contributed by atoms with Crippen molar-refractivity contribution < 1.29 is 4.74 Å². The van der Waals surface area contributed by atoms with Gasteiger partial charge in [-0.05, 0) is 18.1 Å². The van der Waals surface area contributed by atoms with Crippen LogP contribution in [-0.4, -0.2) is 43.9 Å². The molecule has 0 radical (unpaired) electrons. The van der Waals surface area contributed by atoms with Gasteiger partial charge in [0.05, 0.1) is 6.61 Å². The number of ether oxygens (including phenoxy) is 1. The van der Waals surface area contributed by atoms with Crippen LogP contribution in [0.5, 0.6) is 0 Å². The van der Waals surface area contributed by atoms with Gasteiger partial charge in [0.15, 0.2) is 5.96 Å². The van der Waals surface area contributed by atoms with Gasteiger partial charge in [-0.25, -0.2) is 0 Å². The zero-order valence-electron chi connectivity index (χ0n) is 12.6. The van der Waals surface area contributed by atoms with Crippen LogP contribution in [0.4, 0.5) is 0 Å². The number of halogens is 1. The molecule has 1 aromatic heterocycles. The summed E-state index contributed by atoms with van der Waals surface area (Å²) in [5.74, 6) is 1.40. The van der Waals surface area contributed by atoms with E-state index in [1.54, 1.807) is 7.05 Å². The summed E-state index contributed by atoms with van der Waals surface area (Å²) in [5, 5.41) is 6.50. The number of hydrogen-bond acceptors (Lipinski definition) is 2. The molecular weight excluding hydrogens is 367 g/mol. The van der Waals surface area contributed by atoms with E-state index in [4.69, 9.17) is 4.74 Å². The highest BCUT2D eigenvalue weighted by Gasteiger charge is 1.97. The Morgan fingerprint density at radius 3 is 2.45 bits per heavy atom. The van der Waals surface area contributed by atoms with E-state index in [0.29, 0.717) is 12.5 Å². The summed E-state index contributed by atoms with van der Waals surface area (Å²) in [6, 6.07) is 4.05. The van der Waals surface area contributed by atoms with Gasteiger partial charge in [0.25, 0.3) is 0 Å². The summed E-state index contributed by atoms with van der Waals surface area (Å²) < 4.78 is 7.63. The largest absolute Gasteiger partial charge is 0.379 e. The fraction of sp³-hybridized carbons (Fsp3) is 0.643. The Morgan fingerprint density at radius 1 is 1.20 bits per heavy atom. The molecule has 0 aliphatic carbocycles. The van der Waals surface area contributed by atoms with Crippen molar-refractivity contribution >= 4 is 29.9 Å². The van der Waals surface area contributed by atoms with Crippen LogP contribution in [0.25, 0.3) is 0 Å². The molecule has 6 heteroatoms. The summed E-state index contributed by atoms with van der Waals surface area (Å²) in [7, 11) is 1.78. The van der Waals surface area contributed by atoms with Gasteiger partial charge in [-0.15, -0.1) is 24.0 Å². The molecule has 0 bridgehead atoms. The van der Waals surface area contributed by atoms with E-state index >= 15 is 0 Å². The van der Waals surface area contributed by atoms with E-state index in [-0.39, 0.29) is 24.0 Å². The molecule has 0 atom stereocenters. The van der Waals surface area contributed by atoms with Crippen molar-refractivity contribution in [1.29, 1.82) is 0 Å². The molecule has 0 aliphatic heterocycles. The molecule has 1 aromatic rings. The molecule has 0 fully saturated rings. The Bertz CT molecular complexity index is 352. The van der Waals surface area contributed by atoms with Crippen LogP contribution in [0.2, 0.25) is 0 Å². The molecule has 116 valence electrons. The van der Waals surface area contributed by atoms with Gasteiger partial charge in [0.1, 0.15) is 0 Å². The van der Waals surface area contributed by atoms with Gasteiger partial charge < -0.3 is 19.9 Å². The molecule has 0 aliphatic rings. The van der Waals surface area contributed by atoms with Gasteiger partial charge in [-0.2, -0.15) is 0 Å². The Morgan fingerprint density at radius 2 is 1.85 bits per heavy atom. The Balaban J connectivity index is 0.00000361. The van der Waals surface area contributed by atoms with Crippen LogP contribution in [0.15, 0.2) is 29.5 Å². The molecule has 2 N–H and O–H groups in total. The van der Waals surface area contributed by atoms with Crippen molar-refractivity contribution in [1.82, 2.24) is 15.2 Å². The fourth-order valence-corrected chi connectivity index (χ4v) is 1.60. The standard InChI is InChI=1S/C14H26N4O.HI/c1-13(2)12-19-11-7-17-14(15-3)16-6-10-18-8-4-5-9-18;/h4-5,8-9,13H,6-7,10-12H2,1-3H3,(H2,15,16,17);1H. The number of nitrogens with one attached hydrogen (secondary N) is 2. The molecule has 0 saturated heterocycles. The van der Waals surface area contributed by atoms with Crippen molar-refractivity contribution in [2.24, 2.45) is 10.9 Å². The molecule has 5 nitrogen and oxygen atoms in total. The Kier molecular flexibility index (Phi) is 11.6. The van der Waals surface area contributed by atoms with Gasteiger partial charge in [-0.1, -0.05) is 13.8 Å². The lowest BCUT2D eigenvalue weighted by atomic mass is 10.2. The second-order valence-electron chi connectivity index (χ2n) is 4.82. The van der Waals surface area contributed by atoms with Crippen LogP contribution < -0.4 is 10.6 Å². The number of nitrogens with zero attached hydrogens (tertiary/aromatic N) is 2. The third-order valence-corrected chi connectivity index (χ3v) is 2.54. The van der Waals surface area contributed by atoms with Crippen LogP contribution in [-0.2, 0) is 11.3 Å². The molecule has 0 saturated carbocycles. The van der Waals surface area contributed by atoms with E-state index in [0.717, 1.165) is 32.2 Å². The van der Waals surface area contributed by atoms with Gasteiger partial charge in [0.2, 0.25) is 0 Å². The first-order valence-corrected chi connectivity index (χ1v) is 6.85. The van der Waals surface area contributed by atoms with Crippen molar-refractivity contribution in [3.63, 3.8) is 0 Å². The van der Waals surface area contributed by atoms with Crippen LogP contribution in [0, 0.1) is 5.92 Å². The lowest BCUT2D eigenvalue weighted by Gasteiger charge is -2.13. The van der Waals surface area contributed by atoms with Crippen molar-refractivity contribution in [2.75, 3.05) is 33.4 Å². The number of aliphatic imine (C=N–C) groups is 1. The summed E-state index contributed by atoms with van der Waals surface area (Å²) in [4.78, 5) is 4.17. The third-order valence-electron chi connectivity index (χ3n) is 2.54. The first kappa shape index (κ1) is 19.2. The van der Waals surface area contributed by atoms with Crippen LogP contribution in [0.1, 0.15) is 13.8 Å². The number of aromatic nitrogens is 1. The van der Waals surface area contributed by atoms with E-state index < -0.39 is 0 Å². The number of guanidine groups is 1. The van der Waals surface area contributed by atoms with Gasteiger partial charge in [0, 0.05) is 45.7 Å². The molecule has 1 heterocycles. The maximum absolute atomic E-state index is 5.50. The second kappa shape index (κ2) is 12.0. The molecule has 0 spiro atoms. The number of hydrogen-bond donors (Lipinski definition) is 2. The molecule has 0 amide bonds. The summed E-state index contributed by atoms with van der Waals surface area (Å²) in [5.41, 5.74) is 0. The minimum atomic E-state index is 0. The average molecular weight is 394 g/mol. The topological polar surface area (TPSA) is 50.6 Å². The minimum absolute atomic E-state index is 0. The predicted octanol–water partition coefficient (Wildman–Crippen LogP) is 1.94. The van der Waals surface area contributed by atoms with E-state index in [9.17, 15) is 0 Å². The second-order valence-corrected chi connectivity index (χ2v) is 4.82. The quantitative estimate of drug-likeness (QED) is 0.307. The smallest absolute Gasteiger partial charge is 0.191 e. The zero-order valence-corrected chi connectivity index (χ0v) is 15.0. The maximum atomic E-state index is 5.50.